The minimum Gasteiger partial charge on any atom is -0.488 e. The summed E-state index contributed by atoms with van der Waals surface area (Å²) in [5.41, 5.74) is 2.76. The predicted molar refractivity (Wildman–Crippen MR) is 97.7 cm³/mol. The van der Waals surface area contributed by atoms with Crippen molar-refractivity contribution in [3.63, 3.8) is 0 Å². The summed E-state index contributed by atoms with van der Waals surface area (Å²) in [6.45, 7) is 6.08. The number of rotatable bonds is 4. The van der Waals surface area contributed by atoms with Gasteiger partial charge in [-0.3, -0.25) is 9.48 Å². The summed E-state index contributed by atoms with van der Waals surface area (Å²) in [4.78, 5) is 12.7. The molecule has 1 aromatic heterocycles. The van der Waals surface area contributed by atoms with E-state index in [-0.39, 0.29) is 17.9 Å². The van der Waals surface area contributed by atoms with E-state index in [1.807, 2.05) is 29.8 Å². The van der Waals surface area contributed by atoms with E-state index < -0.39 is 0 Å². The number of benzene rings is 1. The normalized spacial score (nSPS) is 22.7. The van der Waals surface area contributed by atoms with E-state index in [0.29, 0.717) is 18.2 Å². The van der Waals surface area contributed by atoms with Crippen LogP contribution in [0, 0.1) is 6.92 Å². The number of carbonyl (C=O) groups is 1. The van der Waals surface area contributed by atoms with Crippen LogP contribution < -0.4 is 10.1 Å². The third kappa shape index (κ3) is 3.09. The SMILES string of the molecule is Cc1c(C(=O)NC[C@H]2Oc3ccccc3[C@H]2C)cnn1C1CCOCC1. The lowest BCUT2D eigenvalue weighted by Gasteiger charge is -2.23. The van der Waals surface area contributed by atoms with Crippen LogP contribution in [0.15, 0.2) is 30.5 Å². The lowest BCUT2D eigenvalue weighted by atomic mass is 9.97. The number of ether oxygens (including phenoxy) is 2. The van der Waals surface area contributed by atoms with Gasteiger partial charge in [0.15, 0.2) is 0 Å². The fourth-order valence-electron chi connectivity index (χ4n) is 3.88. The zero-order valence-corrected chi connectivity index (χ0v) is 15.3. The highest BCUT2D eigenvalue weighted by molar-refractivity contribution is 5.95. The highest BCUT2D eigenvalue weighted by Crippen LogP contribution is 2.37. The van der Waals surface area contributed by atoms with Gasteiger partial charge in [-0.1, -0.05) is 25.1 Å². The molecule has 6 heteroatoms. The van der Waals surface area contributed by atoms with Crippen LogP contribution >= 0.6 is 0 Å². The van der Waals surface area contributed by atoms with Gasteiger partial charge in [-0.05, 0) is 25.8 Å². The van der Waals surface area contributed by atoms with Gasteiger partial charge in [0.1, 0.15) is 11.9 Å². The number of amides is 1. The molecule has 2 aliphatic heterocycles. The zero-order chi connectivity index (χ0) is 18.1. The first-order valence-corrected chi connectivity index (χ1v) is 9.30. The summed E-state index contributed by atoms with van der Waals surface area (Å²) in [5, 5.41) is 7.48. The molecule has 0 unspecified atom stereocenters. The molecule has 1 aromatic carbocycles. The Bertz CT molecular complexity index is 795. The van der Waals surface area contributed by atoms with Crippen LogP contribution in [-0.2, 0) is 4.74 Å². The van der Waals surface area contributed by atoms with Gasteiger partial charge in [0, 0.05) is 30.4 Å². The molecule has 2 atom stereocenters. The Labute approximate surface area is 153 Å². The first-order chi connectivity index (χ1) is 12.6. The van der Waals surface area contributed by atoms with Crippen LogP contribution in [-0.4, -0.2) is 41.6 Å². The van der Waals surface area contributed by atoms with Crippen LogP contribution in [0.3, 0.4) is 0 Å². The van der Waals surface area contributed by atoms with Gasteiger partial charge in [0.25, 0.3) is 5.91 Å². The second-order valence-electron chi connectivity index (χ2n) is 7.12. The predicted octanol–water partition coefficient (Wildman–Crippen LogP) is 2.84. The Morgan fingerprint density at radius 1 is 1.31 bits per heavy atom. The van der Waals surface area contributed by atoms with Crippen molar-refractivity contribution in [1.82, 2.24) is 15.1 Å². The van der Waals surface area contributed by atoms with Crippen molar-refractivity contribution in [1.29, 1.82) is 0 Å². The van der Waals surface area contributed by atoms with Gasteiger partial charge >= 0.3 is 0 Å². The van der Waals surface area contributed by atoms with Crippen molar-refractivity contribution in [3.05, 3.63) is 47.3 Å². The molecule has 2 aliphatic rings. The lowest BCUT2D eigenvalue weighted by Crippen LogP contribution is -2.36. The third-order valence-electron chi connectivity index (χ3n) is 5.54. The molecule has 138 valence electrons. The summed E-state index contributed by atoms with van der Waals surface area (Å²) in [5.74, 6) is 1.09. The number of nitrogens with one attached hydrogen (secondary N) is 1. The van der Waals surface area contributed by atoms with Crippen LogP contribution in [0.1, 0.15) is 53.3 Å². The maximum atomic E-state index is 12.7. The van der Waals surface area contributed by atoms with Gasteiger partial charge < -0.3 is 14.8 Å². The van der Waals surface area contributed by atoms with E-state index >= 15 is 0 Å². The summed E-state index contributed by atoms with van der Waals surface area (Å²) in [7, 11) is 0. The van der Waals surface area contributed by atoms with E-state index in [1.165, 1.54) is 5.56 Å². The Hall–Kier alpha value is -2.34. The van der Waals surface area contributed by atoms with Gasteiger partial charge in [-0.15, -0.1) is 0 Å². The van der Waals surface area contributed by atoms with E-state index in [2.05, 4.69) is 23.4 Å². The molecule has 3 heterocycles. The van der Waals surface area contributed by atoms with Crippen molar-refractivity contribution in [2.45, 2.75) is 44.8 Å². The number of aromatic nitrogens is 2. The Morgan fingerprint density at radius 3 is 2.85 bits per heavy atom. The largest absolute Gasteiger partial charge is 0.488 e. The summed E-state index contributed by atoms with van der Waals surface area (Å²) < 4.78 is 13.4. The molecule has 0 aliphatic carbocycles. The summed E-state index contributed by atoms with van der Waals surface area (Å²) in [6.07, 6.45) is 3.51. The quantitative estimate of drug-likeness (QED) is 0.916. The molecule has 26 heavy (non-hydrogen) atoms. The second-order valence-corrected chi connectivity index (χ2v) is 7.12. The summed E-state index contributed by atoms with van der Waals surface area (Å²) >= 11 is 0. The number of hydrogen-bond acceptors (Lipinski definition) is 4. The fourth-order valence-corrected chi connectivity index (χ4v) is 3.88. The molecule has 1 N–H and O–H groups in total. The van der Waals surface area contributed by atoms with Crippen LogP contribution in [0.5, 0.6) is 5.75 Å². The molecule has 0 spiro atoms. The highest BCUT2D eigenvalue weighted by atomic mass is 16.5. The van der Waals surface area contributed by atoms with Crippen LogP contribution in [0.4, 0.5) is 0 Å². The van der Waals surface area contributed by atoms with Gasteiger partial charge in [0.05, 0.1) is 24.3 Å². The monoisotopic (exact) mass is 355 g/mol. The van der Waals surface area contributed by atoms with Crippen molar-refractivity contribution in [2.24, 2.45) is 0 Å². The maximum absolute atomic E-state index is 12.7. The Kier molecular flexibility index (Phi) is 4.68. The van der Waals surface area contributed by atoms with Crippen molar-refractivity contribution < 1.29 is 14.3 Å². The number of hydrogen-bond donors (Lipinski definition) is 1. The number of fused-ring (bicyclic) bond motifs is 1. The van der Waals surface area contributed by atoms with Gasteiger partial charge in [-0.25, -0.2) is 0 Å². The van der Waals surface area contributed by atoms with E-state index in [0.717, 1.165) is 37.5 Å². The average Bonchev–Trinajstić information content (AvgIpc) is 3.21. The molecule has 0 radical (unpaired) electrons. The number of para-hydroxylation sites is 1. The average molecular weight is 355 g/mol. The minimum absolute atomic E-state index is 0.0396. The van der Waals surface area contributed by atoms with Gasteiger partial charge in [-0.2, -0.15) is 5.10 Å². The summed E-state index contributed by atoms with van der Waals surface area (Å²) in [6, 6.07) is 8.38. The highest BCUT2D eigenvalue weighted by Gasteiger charge is 2.31. The first kappa shape index (κ1) is 17.1. The molecular formula is C20H25N3O3. The second kappa shape index (κ2) is 7.11. The Balaban J connectivity index is 1.39. The number of carbonyl (C=O) groups excluding carboxylic acids is 1. The Morgan fingerprint density at radius 2 is 2.08 bits per heavy atom. The zero-order valence-electron chi connectivity index (χ0n) is 15.3. The minimum atomic E-state index is -0.0902. The third-order valence-corrected chi connectivity index (χ3v) is 5.54. The van der Waals surface area contributed by atoms with E-state index in [9.17, 15) is 4.79 Å². The molecule has 4 rings (SSSR count). The van der Waals surface area contributed by atoms with E-state index in [4.69, 9.17) is 9.47 Å². The van der Waals surface area contributed by atoms with Crippen molar-refractivity contribution in [2.75, 3.05) is 19.8 Å². The maximum Gasteiger partial charge on any atom is 0.254 e. The number of nitrogens with zero attached hydrogens (tertiary/aromatic N) is 2. The van der Waals surface area contributed by atoms with Crippen LogP contribution in [0.25, 0.3) is 0 Å². The molecule has 0 saturated carbocycles. The van der Waals surface area contributed by atoms with E-state index in [1.54, 1.807) is 6.20 Å². The smallest absolute Gasteiger partial charge is 0.254 e. The topological polar surface area (TPSA) is 65.4 Å². The van der Waals surface area contributed by atoms with Crippen molar-refractivity contribution >= 4 is 5.91 Å². The van der Waals surface area contributed by atoms with Gasteiger partial charge in [0.2, 0.25) is 0 Å². The van der Waals surface area contributed by atoms with Crippen LogP contribution in [0.2, 0.25) is 0 Å². The molecule has 1 saturated heterocycles. The molecule has 1 fully saturated rings. The molecule has 2 aromatic rings. The molecule has 6 nitrogen and oxygen atoms in total. The molecule has 1 amide bonds. The molecule has 0 bridgehead atoms. The lowest BCUT2D eigenvalue weighted by molar-refractivity contribution is 0.0656. The first-order valence-electron chi connectivity index (χ1n) is 9.30. The fraction of sp³-hybridized carbons (Fsp3) is 0.500. The van der Waals surface area contributed by atoms with Crippen molar-refractivity contribution in [3.8, 4) is 5.75 Å². The molecular weight excluding hydrogens is 330 g/mol. The standard InChI is InChI=1S/C20H25N3O3/c1-13-16-5-3-4-6-18(16)26-19(13)12-21-20(24)17-11-22-23(14(17)2)15-7-9-25-10-8-15/h3-6,11,13,15,19H,7-10,12H2,1-2H3,(H,21,24)/t13-,19-/m1/s1.